The lowest BCUT2D eigenvalue weighted by Gasteiger charge is -2.29. The third-order valence-corrected chi connectivity index (χ3v) is 4.88. The summed E-state index contributed by atoms with van der Waals surface area (Å²) in [6.07, 6.45) is 1.07. The van der Waals surface area contributed by atoms with Crippen LogP contribution < -0.4 is 10.2 Å². The SMILES string of the molecule is CCCNc1nc(N(C)C(C)C(C)C)c2cc(C)sc2n1. The van der Waals surface area contributed by atoms with Crippen LogP contribution >= 0.6 is 11.3 Å². The maximum Gasteiger partial charge on any atom is 0.226 e. The summed E-state index contributed by atoms with van der Waals surface area (Å²) >= 11 is 1.73. The smallest absolute Gasteiger partial charge is 0.226 e. The zero-order valence-corrected chi connectivity index (χ0v) is 14.7. The fourth-order valence-electron chi connectivity index (χ4n) is 2.25. The van der Waals surface area contributed by atoms with Gasteiger partial charge in [-0.15, -0.1) is 11.3 Å². The van der Waals surface area contributed by atoms with E-state index >= 15 is 0 Å². The molecule has 4 nitrogen and oxygen atoms in total. The molecule has 5 heteroatoms. The summed E-state index contributed by atoms with van der Waals surface area (Å²) in [5, 5.41) is 4.48. The molecule has 0 saturated heterocycles. The topological polar surface area (TPSA) is 41.1 Å². The van der Waals surface area contributed by atoms with Crippen LogP contribution in [0.1, 0.15) is 39.0 Å². The number of thiophene rings is 1. The first kappa shape index (κ1) is 16.0. The van der Waals surface area contributed by atoms with Crippen molar-refractivity contribution in [2.75, 3.05) is 23.8 Å². The zero-order valence-electron chi connectivity index (χ0n) is 13.9. The highest BCUT2D eigenvalue weighted by Crippen LogP contribution is 2.32. The average molecular weight is 306 g/mol. The van der Waals surface area contributed by atoms with Crippen LogP contribution in [0.2, 0.25) is 0 Å². The van der Waals surface area contributed by atoms with E-state index in [1.165, 1.54) is 4.88 Å². The number of aryl methyl sites for hydroxylation is 1. The minimum absolute atomic E-state index is 0.433. The van der Waals surface area contributed by atoms with E-state index < -0.39 is 0 Å². The molecule has 0 aromatic carbocycles. The summed E-state index contributed by atoms with van der Waals surface area (Å²) in [5.74, 6) is 2.35. The lowest BCUT2D eigenvalue weighted by molar-refractivity contribution is 0.503. The molecule has 0 fully saturated rings. The van der Waals surface area contributed by atoms with Crippen molar-refractivity contribution in [2.24, 2.45) is 5.92 Å². The van der Waals surface area contributed by atoms with Crippen molar-refractivity contribution < 1.29 is 0 Å². The van der Waals surface area contributed by atoms with Crippen molar-refractivity contribution in [2.45, 2.75) is 47.1 Å². The molecule has 0 bridgehead atoms. The molecule has 2 rings (SSSR count). The molecule has 0 aliphatic rings. The zero-order chi connectivity index (χ0) is 15.6. The summed E-state index contributed by atoms with van der Waals surface area (Å²) in [7, 11) is 2.13. The van der Waals surface area contributed by atoms with Crippen LogP contribution in [0.4, 0.5) is 11.8 Å². The van der Waals surface area contributed by atoms with Gasteiger partial charge < -0.3 is 10.2 Å². The van der Waals surface area contributed by atoms with Crippen molar-refractivity contribution in [3.05, 3.63) is 10.9 Å². The second-order valence-corrected chi connectivity index (χ2v) is 7.20. The fourth-order valence-corrected chi connectivity index (χ4v) is 3.13. The number of fused-ring (bicyclic) bond motifs is 1. The molecular formula is C16H26N4S. The molecule has 0 aliphatic heterocycles. The summed E-state index contributed by atoms with van der Waals surface area (Å²) in [5.41, 5.74) is 0. The Morgan fingerprint density at radius 1 is 1.29 bits per heavy atom. The molecule has 2 aromatic heterocycles. The van der Waals surface area contributed by atoms with Gasteiger partial charge in [0, 0.05) is 24.5 Å². The monoisotopic (exact) mass is 306 g/mol. The quantitative estimate of drug-likeness (QED) is 0.864. The van der Waals surface area contributed by atoms with E-state index in [4.69, 9.17) is 4.98 Å². The molecule has 1 N–H and O–H groups in total. The lowest BCUT2D eigenvalue weighted by atomic mass is 10.1. The Bertz CT molecular complexity index is 606. The van der Waals surface area contributed by atoms with E-state index in [0.717, 1.165) is 34.9 Å². The van der Waals surface area contributed by atoms with Gasteiger partial charge in [0.25, 0.3) is 0 Å². The molecule has 0 aliphatic carbocycles. The van der Waals surface area contributed by atoms with E-state index in [9.17, 15) is 0 Å². The molecule has 116 valence electrons. The Labute approximate surface area is 131 Å². The van der Waals surface area contributed by atoms with E-state index in [-0.39, 0.29) is 0 Å². The van der Waals surface area contributed by atoms with Crippen molar-refractivity contribution in [3.63, 3.8) is 0 Å². The summed E-state index contributed by atoms with van der Waals surface area (Å²) < 4.78 is 0. The highest BCUT2D eigenvalue weighted by molar-refractivity contribution is 7.18. The summed E-state index contributed by atoms with van der Waals surface area (Å²) in [4.78, 5) is 14.0. The first-order chi connectivity index (χ1) is 9.93. The van der Waals surface area contributed by atoms with Gasteiger partial charge in [-0.2, -0.15) is 4.98 Å². The molecule has 1 atom stereocenters. The molecule has 2 heterocycles. The third kappa shape index (κ3) is 3.46. The average Bonchev–Trinajstić information content (AvgIpc) is 2.82. The molecule has 0 radical (unpaired) electrons. The van der Waals surface area contributed by atoms with Gasteiger partial charge in [0.05, 0.1) is 5.39 Å². The van der Waals surface area contributed by atoms with Crippen LogP contribution in [0, 0.1) is 12.8 Å². The van der Waals surface area contributed by atoms with Crippen LogP contribution in [-0.2, 0) is 0 Å². The number of nitrogens with one attached hydrogen (secondary N) is 1. The second-order valence-electron chi connectivity index (χ2n) is 5.97. The van der Waals surface area contributed by atoms with E-state index in [2.05, 4.69) is 62.9 Å². The predicted molar refractivity (Wildman–Crippen MR) is 93.6 cm³/mol. The van der Waals surface area contributed by atoms with Gasteiger partial charge in [-0.25, -0.2) is 4.98 Å². The Balaban J connectivity index is 2.48. The Hall–Kier alpha value is -1.36. The lowest BCUT2D eigenvalue weighted by Crippen LogP contribution is -2.34. The van der Waals surface area contributed by atoms with Gasteiger partial charge in [-0.1, -0.05) is 20.8 Å². The molecule has 0 saturated carbocycles. The van der Waals surface area contributed by atoms with Gasteiger partial charge in [-0.3, -0.25) is 0 Å². The predicted octanol–water partition coefficient (Wildman–Crippen LogP) is 4.30. The van der Waals surface area contributed by atoms with Crippen molar-refractivity contribution >= 4 is 33.3 Å². The van der Waals surface area contributed by atoms with Crippen LogP contribution in [0.15, 0.2) is 6.07 Å². The Morgan fingerprint density at radius 3 is 2.62 bits per heavy atom. The van der Waals surface area contributed by atoms with E-state index in [0.29, 0.717) is 12.0 Å². The minimum atomic E-state index is 0.433. The number of aromatic nitrogens is 2. The van der Waals surface area contributed by atoms with Gasteiger partial charge in [-0.05, 0) is 32.3 Å². The molecular weight excluding hydrogens is 280 g/mol. The largest absolute Gasteiger partial charge is 0.356 e. The Morgan fingerprint density at radius 2 is 2.00 bits per heavy atom. The van der Waals surface area contributed by atoms with E-state index in [1.807, 2.05) is 0 Å². The van der Waals surface area contributed by atoms with E-state index in [1.54, 1.807) is 11.3 Å². The number of hydrogen-bond acceptors (Lipinski definition) is 5. The fraction of sp³-hybridized carbons (Fsp3) is 0.625. The van der Waals surface area contributed by atoms with Crippen molar-refractivity contribution in [1.29, 1.82) is 0 Å². The summed E-state index contributed by atoms with van der Waals surface area (Å²) in [6.45, 7) is 11.9. The number of rotatable bonds is 6. The second kappa shape index (κ2) is 6.60. The molecule has 2 aromatic rings. The van der Waals surface area contributed by atoms with Gasteiger partial charge in [0.15, 0.2) is 0 Å². The highest BCUT2D eigenvalue weighted by Gasteiger charge is 2.19. The first-order valence-electron chi connectivity index (χ1n) is 7.69. The molecule has 21 heavy (non-hydrogen) atoms. The third-order valence-electron chi connectivity index (χ3n) is 3.94. The van der Waals surface area contributed by atoms with Crippen LogP contribution in [0.25, 0.3) is 10.2 Å². The van der Waals surface area contributed by atoms with Crippen molar-refractivity contribution in [3.8, 4) is 0 Å². The van der Waals surface area contributed by atoms with Gasteiger partial charge >= 0.3 is 0 Å². The van der Waals surface area contributed by atoms with Gasteiger partial charge in [0.1, 0.15) is 10.6 Å². The molecule has 0 spiro atoms. The van der Waals surface area contributed by atoms with Gasteiger partial charge in [0.2, 0.25) is 5.95 Å². The number of nitrogens with zero attached hydrogens (tertiary/aromatic N) is 3. The maximum absolute atomic E-state index is 4.77. The number of anilines is 2. The van der Waals surface area contributed by atoms with Crippen LogP contribution in [0.3, 0.4) is 0 Å². The van der Waals surface area contributed by atoms with Crippen molar-refractivity contribution in [1.82, 2.24) is 9.97 Å². The summed E-state index contributed by atoms with van der Waals surface area (Å²) in [6, 6.07) is 2.63. The highest BCUT2D eigenvalue weighted by atomic mass is 32.1. The van der Waals surface area contributed by atoms with Crippen LogP contribution in [-0.4, -0.2) is 29.6 Å². The minimum Gasteiger partial charge on any atom is -0.356 e. The molecule has 1 unspecified atom stereocenters. The van der Waals surface area contributed by atoms with Crippen LogP contribution in [0.5, 0.6) is 0 Å². The maximum atomic E-state index is 4.77. The normalized spacial score (nSPS) is 12.9. The molecule has 0 amide bonds. The Kier molecular flexibility index (Phi) is 5.04. The standard InChI is InChI=1S/C16H26N4S/c1-7-8-17-16-18-14(20(6)12(5)10(2)3)13-9-11(4)21-15(13)19-16/h9-10,12H,7-8H2,1-6H3,(H,17,18,19). The first-order valence-corrected chi connectivity index (χ1v) is 8.50. The number of hydrogen-bond donors (Lipinski definition) is 1.